The highest BCUT2D eigenvalue weighted by molar-refractivity contribution is 7.89. The van der Waals surface area contributed by atoms with E-state index in [1.165, 1.54) is 28.6 Å². The van der Waals surface area contributed by atoms with Gasteiger partial charge in [0, 0.05) is 24.7 Å². The first-order valence-corrected chi connectivity index (χ1v) is 11.6. The summed E-state index contributed by atoms with van der Waals surface area (Å²) < 4.78 is 65.8. The van der Waals surface area contributed by atoms with E-state index in [-0.39, 0.29) is 22.1 Å². The number of carbonyl (C=O) groups is 1. The van der Waals surface area contributed by atoms with Gasteiger partial charge in [0.25, 0.3) is 5.69 Å². The lowest BCUT2D eigenvalue weighted by atomic mass is 10.0. The summed E-state index contributed by atoms with van der Waals surface area (Å²) in [5, 5.41) is 13.7. The number of carbonyl (C=O) groups excluding carboxylic acids is 1. The molecule has 1 unspecified atom stereocenters. The van der Waals surface area contributed by atoms with Gasteiger partial charge in [0.2, 0.25) is 10.0 Å². The van der Waals surface area contributed by atoms with Crippen LogP contribution in [0.1, 0.15) is 35.7 Å². The fourth-order valence-corrected chi connectivity index (χ4v) is 5.27. The van der Waals surface area contributed by atoms with Gasteiger partial charge in [-0.1, -0.05) is 19.1 Å². The number of nitro benzene ring substituents is 1. The number of nitrogens with zero attached hydrogens (tertiary/aromatic N) is 2. The molecule has 1 saturated heterocycles. The number of ketones is 1. The van der Waals surface area contributed by atoms with Crippen LogP contribution in [0.15, 0.2) is 47.4 Å². The molecule has 0 radical (unpaired) electrons. The standard InChI is InChI=1S/C21H22F3N3O5S/c1-14-4-3-9-26(13-14)33(31,32)17-6-2-5-15(10-17)20(28)12-25-18-8-7-16(21(22,23)24)11-19(18)27(29)30/h2,5-8,10-11,14,25H,3-4,9,12-13H2,1H3. The second-order valence-electron chi connectivity index (χ2n) is 7.90. The summed E-state index contributed by atoms with van der Waals surface area (Å²) in [5.74, 6) is -0.352. The Balaban J connectivity index is 1.78. The maximum atomic E-state index is 13.0. The van der Waals surface area contributed by atoms with Crippen LogP contribution in [-0.2, 0) is 16.2 Å². The number of hydrogen-bond acceptors (Lipinski definition) is 6. The smallest absolute Gasteiger partial charge is 0.372 e. The Morgan fingerprint density at radius 2 is 1.97 bits per heavy atom. The van der Waals surface area contributed by atoms with E-state index < -0.39 is 44.7 Å². The van der Waals surface area contributed by atoms with Gasteiger partial charge in [-0.3, -0.25) is 14.9 Å². The van der Waals surface area contributed by atoms with Crippen LogP contribution < -0.4 is 5.32 Å². The Kier molecular flexibility index (Phi) is 7.08. The number of benzene rings is 2. The van der Waals surface area contributed by atoms with Gasteiger partial charge in [-0.15, -0.1) is 0 Å². The number of piperidine rings is 1. The molecule has 3 rings (SSSR count). The predicted molar refractivity (Wildman–Crippen MR) is 115 cm³/mol. The summed E-state index contributed by atoms with van der Waals surface area (Å²) in [7, 11) is -3.79. The topological polar surface area (TPSA) is 110 Å². The van der Waals surface area contributed by atoms with Gasteiger partial charge in [-0.2, -0.15) is 17.5 Å². The van der Waals surface area contributed by atoms with E-state index in [9.17, 15) is 36.5 Å². The van der Waals surface area contributed by atoms with E-state index in [0.29, 0.717) is 25.2 Å². The monoisotopic (exact) mass is 485 g/mol. The Bertz CT molecular complexity index is 1170. The first kappa shape index (κ1) is 24.6. The molecule has 1 fully saturated rings. The quantitative estimate of drug-likeness (QED) is 0.355. The minimum Gasteiger partial charge on any atom is -0.372 e. The van der Waals surface area contributed by atoms with Crippen LogP contribution in [0.25, 0.3) is 0 Å². The third kappa shape index (κ3) is 5.69. The maximum absolute atomic E-state index is 13.0. The van der Waals surface area contributed by atoms with E-state index in [4.69, 9.17) is 0 Å². The van der Waals surface area contributed by atoms with Gasteiger partial charge in [0.05, 0.1) is 21.9 Å². The molecule has 12 heteroatoms. The van der Waals surface area contributed by atoms with Crippen LogP contribution in [0.2, 0.25) is 0 Å². The lowest BCUT2D eigenvalue weighted by Gasteiger charge is -2.30. The van der Waals surface area contributed by atoms with Crippen molar-refractivity contribution in [3.8, 4) is 0 Å². The molecule has 0 aliphatic carbocycles. The number of halogens is 3. The van der Waals surface area contributed by atoms with Crippen LogP contribution in [-0.4, -0.2) is 43.1 Å². The minimum absolute atomic E-state index is 0.0389. The molecule has 0 aromatic heterocycles. The molecule has 1 aliphatic rings. The lowest BCUT2D eigenvalue weighted by Crippen LogP contribution is -2.39. The summed E-state index contributed by atoms with van der Waals surface area (Å²) >= 11 is 0. The number of rotatable bonds is 7. The Morgan fingerprint density at radius 1 is 1.24 bits per heavy atom. The number of alkyl halides is 3. The molecule has 1 N–H and O–H groups in total. The summed E-state index contributed by atoms with van der Waals surface area (Å²) in [5.41, 5.74) is -2.21. The number of sulfonamides is 1. The molecule has 1 atom stereocenters. The molecule has 8 nitrogen and oxygen atoms in total. The number of Topliss-reactive ketones (excluding diaryl/α,β-unsaturated/α-hetero) is 1. The molecule has 33 heavy (non-hydrogen) atoms. The fraction of sp³-hybridized carbons (Fsp3) is 0.381. The van der Waals surface area contributed by atoms with Crippen molar-refractivity contribution < 1.29 is 31.3 Å². The Labute approximate surface area is 188 Å². The SMILES string of the molecule is CC1CCCN(S(=O)(=O)c2cccc(C(=O)CNc3ccc(C(F)(F)F)cc3[N+](=O)[O-])c2)C1. The van der Waals surface area contributed by atoms with E-state index in [0.717, 1.165) is 18.9 Å². The van der Waals surface area contributed by atoms with Crippen LogP contribution in [0.5, 0.6) is 0 Å². The zero-order valence-electron chi connectivity index (χ0n) is 17.6. The molecule has 0 saturated carbocycles. The van der Waals surface area contributed by atoms with Crippen molar-refractivity contribution in [1.29, 1.82) is 0 Å². The second kappa shape index (κ2) is 9.48. The molecule has 0 amide bonds. The van der Waals surface area contributed by atoms with Crippen molar-refractivity contribution in [2.45, 2.75) is 30.8 Å². The Hall–Kier alpha value is -2.99. The van der Waals surface area contributed by atoms with E-state index >= 15 is 0 Å². The van der Waals surface area contributed by atoms with Gasteiger partial charge < -0.3 is 5.32 Å². The molecule has 2 aromatic rings. The molecule has 0 spiro atoms. The van der Waals surface area contributed by atoms with Crippen LogP contribution in [0.4, 0.5) is 24.5 Å². The second-order valence-corrected chi connectivity index (χ2v) is 9.84. The Morgan fingerprint density at radius 3 is 2.61 bits per heavy atom. The van der Waals surface area contributed by atoms with E-state index in [1.807, 2.05) is 6.92 Å². The highest BCUT2D eigenvalue weighted by Gasteiger charge is 2.33. The molecular formula is C21H22F3N3O5S. The first-order chi connectivity index (χ1) is 15.4. The van der Waals surface area contributed by atoms with Crippen molar-refractivity contribution in [3.63, 3.8) is 0 Å². The molecule has 1 heterocycles. The van der Waals surface area contributed by atoms with Crippen molar-refractivity contribution in [2.75, 3.05) is 25.0 Å². The number of anilines is 1. The van der Waals surface area contributed by atoms with Crippen molar-refractivity contribution >= 4 is 27.2 Å². The van der Waals surface area contributed by atoms with Gasteiger partial charge in [0.1, 0.15) is 5.69 Å². The molecule has 2 aromatic carbocycles. The summed E-state index contributed by atoms with van der Waals surface area (Å²) in [6.07, 6.45) is -3.07. The van der Waals surface area contributed by atoms with Crippen LogP contribution in [0.3, 0.4) is 0 Å². The van der Waals surface area contributed by atoms with Gasteiger partial charge >= 0.3 is 6.18 Å². The lowest BCUT2D eigenvalue weighted by molar-refractivity contribution is -0.384. The number of nitrogens with one attached hydrogen (secondary N) is 1. The summed E-state index contributed by atoms with van der Waals surface area (Å²) in [6, 6.07) is 7.40. The number of hydrogen-bond donors (Lipinski definition) is 1. The highest BCUT2D eigenvalue weighted by atomic mass is 32.2. The third-order valence-electron chi connectivity index (χ3n) is 5.37. The summed E-state index contributed by atoms with van der Waals surface area (Å²) in [6.45, 7) is 2.27. The van der Waals surface area contributed by atoms with E-state index in [1.54, 1.807) is 0 Å². The molecule has 0 bridgehead atoms. The average Bonchev–Trinajstić information content (AvgIpc) is 2.76. The zero-order chi connectivity index (χ0) is 24.4. The average molecular weight is 485 g/mol. The molecule has 1 aliphatic heterocycles. The van der Waals surface area contributed by atoms with Crippen molar-refractivity contribution in [3.05, 3.63) is 63.7 Å². The molecular weight excluding hydrogens is 463 g/mol. The zero-order valence-corrected chi connectivity index (χ0v) is 18.4. The summed E-state index contributed by atoms with van der Waals surface area (Å²) in [4.78, 5) is 22.8. The maximum Gasteiger partial charge on any atom is 0.416 e. The van der Waals surface area contributed by atoms with Crippen molar-refractivity contribution in [2.24, 2.45) is 5.92 Å². The largest absolute Gasteiger partial charge is 0.416 e. The molecule has 178 valence electrons. The van der Waals surface area contributed by atoms with Crippen LogP contribution >= 0.6 is 0 Å². The number of nitro groups is 1. The minimum atomic E-state index is -4.75. The van der Waals surface area contributed by atoms with Gasteiger partial charge in [0.15, 0.2) is 5.78 Å². The van der Waals surface area contributed by atoms with E-state index in [2.05, 4.69) is 5.32 Å². The highest BCUT2D eigenvalue weighted by Crippen LogP contribution is 2.35. The third-order valence-corrected chi connectivity index (χ3v) is 7.24. The van der Waals surface area contributed by atoms with Gasteiger partial charge in [-0.05, 0) is 43.0 Å². The van der Waals surface area contributed by atoms with Crippen LogP contribution in [0, 0.1) is 16.0 Å². The van der Waals surface area contributed by atoms with Gasteiger partial charge in [-0.25, -0.2) is 8.42 Å². The predicted octanol–water partition coefficient (Wildman–Crippen LogP) is 4.33. The first-order valence-electron chi connectivity index (χ1n) is 10.1. The van der Waals surface area contributed by atoms with Crippen molar-refractivity contribution in [1.82, 2.24) is 4.31 Å². The normalized spacial score (nSPS) is 17.5. The fourth-order valence-electron chi connectivity index (χ4n) is 3.63.